The van der Waals surface area contributed by atoms with Gasteiger partial charge in [-0.2, -0.15) is 13.2 Å². The minimum absolute atomic E-state index is 0.127. The second kappa shape index (κ2) is 5.83. The first-order valence-electron chi connectivity index (χ1n) is 6.50. The van der Waals surface area contributed by atoms with Crippen molar-refractivity contribution in [3.05, 3.63) is 35.4 Å². The van der Waals surface area contributed by atoms with Gasteiger partial charge in [0.05, 0.1) is 5.56 Å². The molecular formula is C14H16F3NO2. The van der Waals surface area contributed by atoms with Gasteiger partial charge in [-0.25, -0.2) is 0 Å². The van der Waals surface area contributed by atoms with Crippen LogP contribution in [0.2, 0.25) is 0 Å². The molecular weight excluding hydrogens is 271 g/mol. The van der Waals surface area contributed by atoms with Crippen LogP contribution >= 0.6 is 0 Å². The minimum Gasteiger partial charge on any atom is -0.480 e. The third kappa shape index (κ3) is 3.50. The van der Waals surface area contributed by atoms with E-state index in [4.69, 9.17) is 5.11 Å². The molecule has 1 saturated carbocycles. The zero-order chi connectivity index (χ0) is 14.8. The molecule has 1 aromatic carbocycles. The van der Waals surface area contributed by atoms with Gasteiger partial charge in [-0.1, -0.05) is 18.6 Å². The van der Waals surface area contributed by atoms with E-state index in [1.807, 2.05) is 0 Å². The molecule has 0 radical (unpaired) electrons. The van der Waals surface area contributed by atoms with Crippen molar-refractivity contribution in [2.45, 2.75) is 38.0 Å². The molecule has 2 rings (SSSR count). The quantitative estimate of drug-likeness (QED) is 0.875. The maximum atomic E-state index is 12.4. The van der Waals surface area contributed by atoms with Gasteiger partial charge in [0.2, 0.25) is 0 Å². The summed E-state index contributed by atoms with van der Waals surface area (Å²) in [5.41, 5.74) is -0.0569. The van der Waals surface area contributed by atoms with Crippen molar-refractivity contribution in [1.29, 1.82) is 0 Å². The first kappa shape index (κ1) is 14.8. The predicted octanol–water partition coefficient (Wildman–Crippen LogP) is 3.05. The van der Waals surface area contributed by atoms with Crippen LogP contribution in [-0.4, -0.2) is 17.1 Å². The summed E-state index contributed by atoms with van der Waals surface area (Å²) in [7, 11) is 0. The normalized spacial score (nSPS) is 17.6. The highest BCUT2D eigenvalue weighted by Gasteiger charge is 2.32. The van der Waals surface area contributed by atoms with Crippen LogP contribution in [0.15, 0.2) is 24.3 Å². The van der Waals surface area contributed by atoms with Gasteiger partial charge in [0.25, 0.3) is 0 Å². The lowest BCUT2D eigenvalue weighted by molar-refractivity contribution is -0.142. The van der Waals surface area contributed by atoms with Crippen molar-refractivity contribution in [2.75, 3.05) is 0 Å². The summed E-state index contributed by atoms with van der Waals surface area (Å²) >= 11 is 0. The number of rotatable bonds is 5. The van der Waals surface area contributed by atoms with Gasteiger partial charge in [0, 0.05) is 6.54 Å². The number of nitrogens with one attached hydrogen (secondary N) is 1. The van der Waals surface area contributed by atoms with Crippen molar-refractivity contribution in [3.8, 4) is 0 Å². The van der Waals surface area contributed by atoms with Crippen molar-refractivity contribution >= 4 is 5.97 Å². The van der Waals surface area contributed by atoms with Crippen LogP contribution in [0.5, 0.6) is 0 Å². The number of carboxylic acid groups (broad SMARTS) is 1. The lowest BCUT2D eigenvalue weighted by atomic mass is 9.79. The van der Waals surface area contributed by atoms with Crippen molar-refractivity contribution in [3.63, 3.8) is 0 Å². The van der Waals surface area contributed by atoms with Crippen LogP contribution in [0.4, 0.5) is 13.2 Å². The summed E-state index contributed by atoms with van der Waals surface area (Å²) in [6.45, 7) is 0.256. The molecule has 3 nitrogen and oxygen atoms in total. The van der Waals surface area contributed by atoms with Crippen LogP contribution in [0, 0.1) is 5.92 Å². The Morgan fingerprint density at radius 2 is 1.90 bits per heavy atom. The second-order valence-corrected chi connectivity index (χ2v) is 5.08. The van der Waals surface area contributed by atoms with Gasteiger partial charge in [-0.05, 0) is 36.5 Å². The lowest BCUT2D eigenvalue weighted by Gasteiger charge is -2.31. The summed E-state index contributed by atoms with van der Waals surface area (Å²) in [5.74, 6) is -0.774. The highest BCUT2D eigenvalue weighted by atomic mass is 19.4. The lowest BCUT2D eigenvalue weighted by Crippen LogP contribution is -2.45. The fourth-order valence-electron chi connectivity index (χ4n) is 2.27. The topological polar surface area (TPSA) is 49.3 Å². The molecule has 20 heavy (non-hydrogen) atoms. The Balaban J connectivity index is 1.94. The number of hydrogen-bond donors (Lipinski definition) is 2. The van der Waals surface area contributed by atoms with E-state index in [9.17, 15) is 18.0 Å². The molecule has 0 aromatic heterocycles. The average molecular weight is 287 g/mol. The molecule has 1 aliphatic rings. The Morgan fingerprint density at radius 3 is 2.30 bits per heavy atom. The molecule has 1 fully saturated rings. The SMILES string of the molecule is O=C(O)[C@@H](NCc1ccc(C(F)(F)F)cc1)C1CCC1. The number of carboxylic acids is 1. The number of carbonyl (C=O) groups is 1. The Morgan fingerprint density at radius 1 is 1.30 bits per heavy atom. The molecule has 1 aliphatic carbocycles. The largest absolute Gasteiger partial charge is 0.480 e. The van der Waals surface area contributed by atoms with E-state index in [0.29, 0.717) is 5.56 Å². The molecule has 0 heterocycles. The summed E-state index contributed by atoms with van der Waals surface area (Å²) < 4.78 is 37.2. The molecule has 110 valence electrons. The molecule has 0 amide bonds. The standard InChI is InChI=1S/C14H16F3NO2/c15-14(16,17)11-6-4-9(5-7-11)8-18-12(13(19)20)10-2-1-3-10/h4-7,10,12,18H,1-3,8H2,(H,19,20)/t12-/m0/s1. The molecule has 0 unspecified atom stereocenters. The van der Waals surface area contributed by atoms with E-state index in [-0.39, 0.29) is 12.5 Å². The van der Waals surface area contributed by atoms with Gasteiger partial charge in [0.1, 0.15) is 6.04 Å². The fraction of sp³-hybridized carbons (Fsp3) is 0.500. The number of alkyl halides is 3. The van der Waals surface area contributed by atoms with E-state index in [1.165, 1.54) is 12.1 Å². The van der Waals surface area contributed by atoms with Gasteiger partial charge >= 0.3 is 12.1 Å². The molecule has 1 atom stereocenters. The summed E-state index contributed by atoms with van der Waals surface area (Å²) in [5, 5.41) is 12.0. The van der Waals surface area contributed by atoms with Crippen molar-refractivity contribution in [1.82, 2.24) is 5.32 Å². The summed E-state index contributed by atoms with van der Waals surface area (Å²) in [6, 6.07) is 4.14. The maximum Gasteiger partial charge on any atom is 0.416 e. The molecule has 0 spiro atoms. The second-order valence-electron chi connectivity index (χ2n) is 5.08. The Kier molecular flexibility index (Phi) is 4.32. The third-order valence-corrected chi connectivity index (χ3v) is 3.69. The van der Waals surface area contributed by atoms with E-state index < -0.39 is 23.8 Å². The fourth-order valence-corrected chi connectivity index (χ4v) is 2.27. The van der Waals surface area contributed by atoms with Crippen LogP contribution in [0.3, 0.4) is 0 Å². The molecule has 6 heteroatoms. The van der Waals surface area contributed by atoms with E-state index >= 15 is 0 Å². The van der Waals surface area contributed by atoms with Crippen LogP contribution in [0.1, 0.15) is 30.4 Å². The summed E-state index contributed by atoms with van der Waals surface area (Å²) in [6.07, 6.45) is -1.54. The predicted molar refractivity (Wildman–Crippen MR) is 67.0 cm³/mol. The molecule has 1 aromatic rings. The van der Waals surface area contributed by atoms with E-state index in [1.54, 1.807) is 0 Å². The molecule has 2 N–H and O–H groups in total. The number of hydrogen-bond acceptors (Lipinski definition) is 2. The number of aliphatic carboxylic acids is 1. The van der Waals surface area contributed by atoms with Gasteiger partial charge in [0.15, 0.2) is 0 Å². The Hall–Kier alpha value is -1.56. The summed E-state index contributed by atoms with van der Waals surface area (Å²) in [4.78, 5) is 11.1. The van der Waals surface area contributed by atoms with Crippen LogP contribution in [0.25, 0.3) is 0 Å². The van der Waals surface area contributed by atoms with Gasteiger partial charge in [-0.3, -0.25) is 4.79 Å². The minimum atomic E-state index is -4.35. The molecule has 0 saturated heterocycles. The molecule has 0 bridgehead atoms. The first-order valence-corrected chi connectivity index (χ1v) is 6.50. The van der Waals surface area contributed by atoms with Crippen molar-refractivity contribution < 1.29 is 23.1 Å². The average Bonchev–Trinajstić information content (AvgIpc) is 2.31. The van der Waals surface area contributed by atoms with Crippen LogP contribution < -0.4 is 5.32 Å². The first-order chi connectivity index (χ1) is 9.38. The van der Waals surface area contributed by atoms with Gasteiger partial charge < -0.3 is 10.4 Å². The van der Waals surface area contributed by atoms with E-state index in [0.717, 1.165) is 31.4 Å². The number of benzene rings is 1. The highest BCUT2D eigenvalue weighted by Crippen LogP contribution is 2.30. The third-order valence-electron chi connectivity index (χ3n) is 3.69. The Labute approximate surface area is 114 Å². The van der Waals surface area contributed by atoms with Crippen LogP contribution in [-0.2, 0) is 17.5 Å². The van der Waals surface area contributed by atoms with Crippen molar-refractivity contribution in [2.24, 2.45) is 5.92 Å². The highest BCUT2D eigenvalue weighted by molar-refractivity contribution is 5.74. The molecule has 0 aliphatic heterocycles. The monoisotopic (exact) mass is 287 g/mol. The van der Waals surface area contributed by atoms with E-state index in [2.05, 4.69) is 5.32 Å². The zero-order valence-electron chi connectivity index (χ0n) is 10.8. The smallest absolute Gasteiger partial charge is 0.416 e. The number of halogens is 3. The zero-order valence-corrected chi connectivity index (χ0v) is 10.8. The Bertz CT molecular complexity index is 466. The van der Waals surface area contributed by atoms with Gasteiger partial charge in [-0.15, -0.1) is 0 Å². The maximum absolute atomic E-state index is 12.4.